The van der Waals surface area contributed by atoms with Crippen LogP contribution in [0.2, 0.25) is 0 Å². The molecule has 8 heteroatoms. The van der Waals surface area contributed by atoms with Crippen LogP contribution < -0.4 is 9.47 Å². The number of carbonyl (C=O) groups excluding carboxylic acids is 1. The minimum Gasteiger partial charge on any atom is -0.507 e. The van der Waals surface area contributed by atoms with Crippen molar-refractivity contribution in [2.45, 2.75) is 19.8 Å². The van der Waals surface area contributed by atoms with Crippen molar-refractivity contribution >= 4 is 27.7 Å². The lowest BCUT2D eigenvalue weighted by Gasteiger charge is -2.20. The largest absolute Gasteiger partial charge is 0.507 e. The molecule has 1 aliphatic rings. The van der Waals surface area contributed by atoms with E-state index < -0.39 is 6.23 Å². The summed E-state index contributed by atoms with van der Waals surface area (Å²) >= 11 is 3.42. The van der Waals surface area contributed by atoms with Gasteiger partial charge in [0.15, 0.2) is 0 Å². The van der Waals surface area contributed by atoms with Crippen LogP contribution in [0.1, 0.15) is 29.8 Å². The molecule has 0 aliphatic carbocycles. The van der Waals surface area contributed by atoms with Crippen LogP contribution in [0.4, 0.5) is 0 Å². The second-order valence-corrected chi connectivity index (χ2v) is 7.99. The molecule has 3 aromatic carbocycles. The maximum atomic E-state index is 12.3. The molecule has 0 unspecified atom stereocenters. The van der Waals surface area contributed by atoms with Crippen LogP contribution in [0, 0.1) is 0 Å². The highest BCUT2D eigenvalue weighted by Crippen LogP contribution is 2.38. The van der Waals surface area contributed by atoms with E-state index in [4.69, 9.17) is 14.2 Å². The van der Waals surface area contributed by atoms with Gasteiger partial charge < -0.3 is 19.3 Å². The number of rotatable bonds is 6. The number of para-hydroxylation sites is 1. The summed E-state index contributed by atoms with van der Waals surface area (Å²) in [6, 6.07) is 19.9. The highest BCUT2D eigenvalue weighted by atomic mass is 79.9. The summed E-state index contributed by atoms with van der Waals surface area (Å²) in [5.41, 5.74) is 1.97. The van der Waals surface area contributed by atoms with Crippen LogP contribution in [0.5, 0.6) is 17.2 Å². The van der Waals surface area contributed by atoms with Crippen LogP contribution in [0.15, 0.2) is 76.3 Å². The van der Waals surface area contributed by atoms with Crippen molar-refractivity contribution in [3.63, 3.8) is 0 Å². The fourth-order valence-electron chi connectivity index (χ4n) is 3.25. The lowest BCUT2D eigenvalue weighted by atomic mass is 10.1. The van der Waals surface area contributed by atoms with Crippen molar-refractivity contribution < 1.29 is 24.1 Å². The molecule has 0 saturated carbocycles. The fraction of sp³-hybridized carbons (Fsp3) is 0.167. The third-order valence-electron chi connectivity index (χ3n) is 4.89. The molecular weight excluding hydrogens is 476 g/mol. The number of hydrogen-bond acceptors (Lipinski definition) is 6. The Kier molecular flexibility index (Phi) is 6.32. The van der Waals surface area contributed by atoms with Crippen molar-refractivity contribution in [1.29, 1.82) is 0 Å². The van der Waals surface area contributed by atoms with Gasteiger partial charge in [0.05, 0.1) is 18.2 Å². The molecular formula is C24H21BrN2O5. The summed E-state index contributed by atoms with van der Waals surface area (Å²) in [4.78, 5) is 12.3. The van der Waals surface area contributed by atoms with Crippen molar-refractivity contribution in [2.24, 2.45) is 5.10 Å². The number of hydrogen-bond donors (Lipinski definition) is 1. The Bertz CT molecular complexity index is 1160. The number of nitrogens with zero attached hydrogens (tertiary/aromatic N) is 2. The molecule has 7 nitrogen and oxygen atoms in total. The summed E-state index contributed by atoms with van der Waals surface area (Å²) < 4.78 is 18.3. The zero-order valence-corrected chi connectivity index (χ0v) is 19.1. The number of aromatic hydroxyl groups is 1. The number of amides is 1. The van der Waals surface area contributed by atoms with Gasteiger partial charge in [0.2, 0.25) is 18.0 Å². The maximum Gasteiger partial charge on any atom is 0.244 e. The van der Waals surface area contributed by atoms with E-state index in [-0.39, 0.29) is 17.6 Å². The molecule has 1 heterocycles. The molecule has 4 rings (SSSR count). The van der Waals surface area contributed by atoms with Crippen LogP contribution >= 0.6 is 15.9 Å². The van der Waals surface area contributed by atoms with Crippen LogP contribution in [0.3, 0.4) is 0 Å². The smallest absolute Gasteiger partial charge is 0.244 e. The number of methoxy groups -OCH3 is 1. The van der Waals surface area contributed by atoms with E-state index in [0.29, 0.717) is 29.2 Å². The Morgan fingerprint density at radius 3 is 2.62 bits per heavy atom. The second kappa shape index (κ2) is 9.32. The molecule has 0 aromatic heterocycles. The number of halogens is 1. The molecule has 0 fully saturated rings. The average molecular weight is 497 g/mol. The van der Waals surface area contributed by atoms with Crippen LogP contribution in [-0.2, 0) is 16.1 Å². The van der Waals surface area contributed by atoms with Gasteiger partial charge in [-0.05, 0) is 48.0 Å². The number of phenolic OH excluding ortho intramolecular Hbond substituents is 1. The predicted octanol–water partition coefficient (Wildman–Crippen LogP) is 4.98. The normalized spacial score (nSPS) is 15.2. The molecule has 1 amide bonds. The standard InChI is InChI=1S/C24H21BrN2O5/c1-15(28)27-24(20-13-18(30-2)11-12-21(20)29)32-23(26-27)19-5-3-4-6-22(19)31-14-16-7-9-17(25)10-8-16/h3-13,24,29H,14H2,1-2H3/t24-/m0/s1. The van der Waals surface area contributed by atoms with Gasteiger partial charge in [-0.1, -0.05) is 40.2 Å². The third-order valence-corrected chi connectivity index (χ3v) is 5.42. The summed E-state index contributed by atoms with van der Waals surface area (Å²) in [5, 5.41) is 15.9. The Labute approximate surface area is 194 Å². The van der Waals surface area contributed by atoms with Crippen molar-refractivity contribution in [1.82, 2.24) is 5.01 Å². The van der Waals surface area contributed by atoms with Gasteiger partial charge in [0.1, 0.15) is 23.9 Å². The second-order valence-electron chi connectivity index (χ2n) is 7.07. The van der Waals surface area contributed by atoms with Gasteiger partial charge in [-0.15, -0.1) is 5.10 Å². The minimum absolute atomic E-state index is 0.0294. The lowest BCUT2D eigenvalue weighted by molar-refractivity contribution is -0.135. The van der Waals surface area contributed by atoms with Gasteiger partial charge in [0, 0.05) is 11.4 Å². The van der Waals surface area contributed by atoms with Crippen molar-refractivity contribution in [2.75, 3.05) is 7.11 Å². The molecule has 32 heavy (non-hydrogen) atoms. The van der Waals surface area contributed by atoms with Crippen molar-refractivity contribution in [3.8, 4) is 17.2 Å². The van der Waals surface area contributed by atoms with E-state index in [1.54, 1.807) is 12.1 Å². The Morgan fingerprint density at radius 1 is 1.16 bits per heavy atom. The molecule has 164 valence electrons. The average Bonchev–Trinajstić information content (AvgIpc) is 3.25. The SMILES string of the molecule is COc1ccc(O)c([C@@H]2OC(c3ccccc3OCc3ccc(Br)cc3)=NN2C(C)=O)c1. The first kappa shape index (κ1) is 21.7. The molecule has 0 saturated heterocycles. The Morgan fingerprint density at radius 2 is 1.91 bits per heavy atom. The van der Waals surface area contributed by atoms with E-state index in [0.717, 1.165) is 10.0 Å². The molecule has 0 bridgehead atoms. The third kappa shape index (κ3) is 4.55. The molecule has 1 atom stereocenters. The summed E-state index contributed by atoms with van der Waals surface area (Å²) in [7, 11) is 1.52. The van der Waals surface area contributed by atoms with Crippen LogP contribution in [-0.4, -0.2) is 29.0 Å². The Balaban J connectivity index is 1.62. The zero-order chi connectivity index (χ0) is 22.7. The fourth-order valence-corrected chi connectivity index (χ4v) is 3.51. The zero-order valence-electron chi connectivity index (χ0n) is 17.5. The Hall–Kier alpha value is -3.52. The van der Waals surface area contributed by atoms with Gasteiger partial charge >= 0.3 is 0 Å². The quantitative estimate of drug-likeness (QED) is 0.520. The van der Waals surface area contributed by atoms with E-state index in [9.17, 15) is 9.90 Å². The molecule has 1 aliphatic heterocycles. The summed E-state index contributed by atoms with van der Waals surface area (Å²) in [6.45, 7) is 1.74. The van der Waals surface area contributed by atoms with Gasteiger partial charge in [-0.3, -0.25) is 4.79 Å². The predicted molar refractivity (Wildman–Crippen MR) is 122 cm³/mol. The summed E-state index contributed by atoms with van der Waals surface area (Å²) in [6.07, 6.45) is -0.933. The van der Waals surface area contributed by atoms with E-state index in [2.05, 4.69) is 21.0 Å². The monoisotopic (exact) mass is 496 g/mol. The van der Waals surface area contributed by atoms with Gasteiger partial charge in [0.25, 0.3) is 0 Å². The topological polar surface area (TPSA) is 80.6 Å². The molecule has 0 radical (unpaired) electrons. The molecule has 3 aromatic rings. The van der Waals surface area contributed by atoms with Gasteiger partial charge in [-0.25, -0.2) is 0 Å². The maximum absolute atomic E-state index is 12.3. The first-order valence-electron chi connectivity index (χ1n) is 9.85. The number of benzene rings is 3. The van der Waals surface area contributed by atoms with E-state index in [1.807, 2.05) is 48.5 Å². The molecule has 0 spiro atoms. The number of carbonyl (C=O) groups is 1. The van der Waals surface area contributed by atoms with E-state index in [1.165, 1.54) is 25.1 Å². The lowest BCUT2D eigenvalue weighted by Crippen LogP contribution is -2.25. The van der Waals surface area contributed by atoms with Gasteiger partial charge in [-0.2, -0.15) is 5.01 Å². The molecule has 1 N–H and O–H groups in total. The number of phenols is 1. The number of hydrazone groups is 1. The first-order valence-corrected chi connectivity index (χ1v) is 10.6. The summed E-state index contributed by atoms with van der Waals surface area (Å²) in [5.74, 6) is 0.947. The van der Waals surface area contributed by atoms with E-state index >= 15 is 0 Å². The highest BCUT2D eigenvalue weighted by molar-refractivity contribution is 9.10. The minimum atomic E-state index is -0.933. The highest BCUT2D eigenvalue weighted by Gasteiger charge is 2.36. The van der Waals surface area contributed by atoms with Crippen LogP contribution in [0.25, 0.3) is 0 Å². The van der Waals surface area contributed by atoms with Crippen molar-refractivity contribution in [3.05, 3.63) is 87.9 Å². The number of ether oxygens (including phenoxy) is 3. The first-order chi connectivity index (χ1) is 15.5.